The molecule has 0 aliphatic rings. The minimum absolute atomic E-state index is 0.164. The summed E-state index contributed by atoms with van der Waals surface area (Å²) in [5, 5.41) is 2.85. The Bertz CT molecular complexity index is 816. The first-order valence-corrected chi connectivity index (χ1v) is 7.83. The first kappa shape index (κ1) is 16.5. The molecule has 0 unspecified atom stereocenters. The number of pyridine rings is 1. The van der Waals surface area contributed by atoms with Gasteiger partial charge in [0.15, 0.2) is 0 Å². The highest BCUT2D eigenvalue weighted by Gasteiger charge is 2.06. The van der Waals surface area contributed by atoms with Crippen molar-refractivity contribution in [1.82, 2.24) is 4.98 Å². The van der Waals surface area contributed by atoms with E-state index in [0.29, 0.717) is 23.7 Å². The maximum atomic E-state index is 12.3. The fourth-order valence-corrected chi connectivity index (χ4v) is 2.22. The van der Waals surface area contributed by atoms with Crippen LogP contribution in [0, 0.1) is 0 Å². The van der Waals surface area contributed by atoms with Crippen LogP contribution in [0.1, 0.15) is 15.9 Å². The van der Waals surface area contributed by atoms with Crippen molar-refractivity contribution in [2.45, 2.75) is 6.61 Å². The van der Waals surface area contributed by atoms with E-state index in [2.05, 4.69) is 10.3 Å². The molecular formula is C20H18N2O3. The summed E-state index contributed by atoms with van der Waals surface area (Å²) in [4.78, 5) is 16.4. The molecule has 25 heavy (non-hydrogen) atoms. The van der Waals surface area contributed by atoms with Crippen LogP contribution in [-0.2, 0) is 6.61 Å². The van der Waals surface area contributed by atoms with Crippen LogP contribution in [-0.4, -0.2) is 18.0 Å². The minimum Gasteiger partial charge on any atom is -0.497 e. The van der Waals surface area contributed by atoms with Crippen LogP contribution in [0.25, 0.3) is 0 Å². The Morgan fingerprint density at radius 2 is 1.76 bits per heavy atom. The molecule has 3 aromatic rings. The number of nitrogens with zero attached hydrogens (tertiary/aromatic N) is 1. The summed E-state index contributed by atoms with van der Waals surface area (Å²) >= 11 is 0. The highest BCUT2D eigenvalue weighted by Crippen LogP contribution is 2.16. The fourth-order valence-electron chi connectivity index (χ4n) is 2.22. The summed E-state index contributed by atoms with van der Waals surface area (Å²) < 4.78 is 10.7. The highest BCUT2D eigenvalue weighted by molar-refractivity contribution is 6.04. The first-order valence-electron chi connectivity index (χ1n) is 7.83. The predicted molar refractivity (Wildman–Crippen MR) is 96.0 cm³/mol. The van der Waals surface area contributed by atoms with Crippen molar-refractivity contribution in [3.8, 4) is 11.6 Å². The first-order chi connectivity index (χ1) is 12.2. The number of aromatic nitrogens is 1. The topological polar surface area (TPSA) is 60.5 Å². The van der Waals surface area contributed by atoms with E-state index in [1.807, 2.05) is 24.3 Å². The Hall–Kier alpha value is -3.34. The molecule has 0 aliphatic heterocycles. The molecule has 0 saturated heterocycles. The molecule has 5 heteroatoms. The van der Waals surface area contributed by atoms with Crippen molar-refractivity contribution in [1.29, 1.82) is 0 Å². The van der Waals surface area contributed by atoms with E-state index in [1.165, 1.54) is 0 Å². The summed E-state index contributed by atoms with van der Waals surface area (Å²) in [6, 6.07) is 20.0. The molecule has 0 bridgehead atoms. The van der Waals surface area contributed by atoms with Crippen molar-refractivity contribution in [2.75, 3.05) is 12.4 Å². The summed E-state index contributed by atoms with van der Waals surface area (Å²) in [6.07, 6.45) is 1.68. The normalized spacial score (nSPS) is 10.1. The van der Waals surface area contributed by atoms with Crippen molar-refractivity contribution >= 4 is 11.6 Å². The third-order valence-corrected chi connectivity index (χ3v) is 3.59. The van der Waals surface area contributed by atoms with Crippen molar-refractivity contribution in [2.24, 2.45) is 0 Å². The molecule has 0 radical (unpaired) electrons. The Balaban J connectivity index is 1.58. The Morgan fingerprint density at radius 3 is 2.40 bits per heavy atom. The van der Waals surface area contributed by atoms with Gasteiger partial charge in [-0.1, -0.05) is 18.2 Å². The SMILES string of the molecule is COc1ccc(NC(=O)c2ccc(COc3ccccn3)cc2)cc1. The number of benzene rings is 2. The Morgan fingerprint density at radius 1 is 1.00 bits per heavy atom. The number of rotatable bonds is 6. The number of carbonyl (C=O) groups is 1. The van der Waals surface area contributed by atoms with Crippen LogP contribution >= 0.6 is 0 Å². The molecule has 5 nitrogen and oxygen atoms in total. The number of nitrogens with one attached hydrogen (secondary N) is 1. The van der Waals surface area contributed by atoms with E-state index >= 15 is 0 Å². The highest BCUT2D eigenvalue weighted by atomic mass is 16.5. The molecule has 0 atom stereocenters. The average Bonchev–Trinajstić information content (AvgIpc) is 2.68. The number of hydrogen-bond donors (Lipinski definition) is 1. The molecular weight excluding hydrogens is 316 g/mol. The minimum atomic E-state index is -0.164. The molecule has 1 aromatic heterocycles. The van der Waals surface area contributed by atoms with Crippen LogP contribution in [0.15, 0.2) is 72.9 Å². The Labute approximate surface area is 146 Å². The zero-order valence-electron chi connectivity index (χ0n) is 13.8. The van der Waals surface area contributed by atoms with Crippen LogP contribution in [0.4, 0.5) is 5.69 Å². The molecule has 0 fully saturated rings. The summed E-state index contributed by atoms with van der Waals surface area (Å²) in [5.41, 5.74) is 2.26. The smallest absolute Gasteiger partial charge is 0.255 e. The van der Waals surface area contributed by atoms with Gasteiger partial charge in [-0.15, -0.1) is 0 Å². The maximum absolute atomic E-state index is 12.3. The molecule has 1 heterocycles. The van der Waals surface area contributed by atoms with Gasteiger partial charge in [0.25, 0.3) is 5.91 Å². The van der Waals surface area contributed by atoms with E-state index in [1.54, 1.807) is 55.8 Å². The maximum Gasteiger partial charge on any atom is 0.255 e. The zero-order valence-corrected chi connectivity index (χ0v) is 13.8. The van der Waals surface area contributed by atoms with Crippen molar-refractivity contribution < 1.29 is 14.3 Å². The number of ether oxygens (including phenoxy) is 2. The van der Waals surface area contributed by atoms with Crippen LogP contribution in [0.3, 0.4) is 0 Å². The summed E-state index contributed by atoms with van der Waals surface area (Å²) in [5.74, 6) is 1.15. The molecule has 126 valence electrons. The van der Waals surface area contributed by atoms with Gasteiger partial charge in [-0.3, -0.25) is 4.79 Å². The molecule has 0 spiro atoms. The van der Waals surface area contributed by atoms with E-state index in [-0.39, 0.29) is 5.91 Å². The lowest BCUT2D eigenvalue weighted by Crippen LogP contribution is -2.11. The number of amides is 1. The van der Waals surface area contributed by atoms with E-state index < -0.39 is 0 Å². The second-order valence-electron chi connectivity index (χ2n) is 5.34. The molecule has 2 aromatic carbocycles. The third-order valence-electron chi connectivity index (χ3n) is 3.59. The monoisotopic (exact) mass is 334 g/mol. The molecule has 0 saturated carbocycles. The molecule has 0 aliphatic carbocycles. The van der Waals surface area contributed by atoms with E-state index in [0.717, 1.165) is 11.3 Å². The number of anilines is 1. The van der Waals surface area contributed by atoms with Crippen LogP contribution < -0.4 is 14.8 Å². The number of carbonyl (C=O) groups excluding carboxylic acids is 1. The predicted octanol–water partition coefficient (Wildman–Crippen LogP) is 3.92. The average molecular weight is 334 g/mol. The van der Waals surface area contributed by atoms with Crippen LogP contribution in [0.5, 0.6) is 11.6 Å². The molecule has 1 N–H and O–H groups in total. The van der Waals surface area contributed by atoms with Gasteiger partial charge in [0.1, 0.15) is 12.4 Å². The van der Waals surface area contributed by atoms with Gasteiger partial charge in [-0.2, -0.15) is 0 Å². The lowest BCUT2D eigenvalue weighted by Gasteiger charge is -2.08. The van der Waals surface area contributed by atoms with E-state index in [9.17, 15) is 4.79 Å². The van der Waals surface area contributed by atoms with Crippen LogP contribution in [0.2, 0.25) is 0 Å². The second kappa shape index (κ2) is 7.97. The summed E-state index contributed by atoms with van der Waals surface area (Å²) in [7, 11) is 1.60. The van der Waals surface area contributed by atoms with Gasteiger partial charge in [-0.25, -0.2) is 4.98 Å². The summed E-state index contributed by atoms with van der Waals surface area (Å²) in [6.45, 7) is 0.400. The number of hydrogen-bond acceptors (Lipinski definition) is 4. The van der Waals surface area contributed by atoms with E-state index in [4.69, 9.17) is 9.47 Å². The van der Waals surface area contributed by atoms with Gasteiger partial charge in [0.05, 0.1) is 7.11 Å². The molecule has 1 amide bonds. The van der Waals surface area contributed by atoms with Crippen molar-refractivity contribution in [3.63, 3.8) is 0 Å². The lowest BCUT2D eigenvalue weighted by molar-refractivity contribution is 0.102. The Kier molecular flexibility index (Phi) is 5.26. The second-order valence-corrected chi connectivity index (χ2v) is 5.34. The fraction of sp³-hybridized carbons (Fsp3) is 0.100. The quantitative estimate of drug-likeness (QED) is 0.742. The standard InChI is InChI=1S/C20H18N2O3/c1-24-18-11-9-17(10-12-18)22-20(23)16-7-5-15(6-8-16)14-25-19-4-2-3-13-21-19/h2-13H,14H2,1H3,(H,22,23). The van der Waals surface area contributed by atoms with Gasteiger partial charge >= 0.3 is 0 Å². The van der Waals surface area contributed by atoms with Crippen molar-refractivity contribution in [3.05, 3.63) is 84.1 Å². The molecule has 3 rings (SSSR count). The number of methoxy groups -OCH3 is 1. The largest absolute Gasteiger partial charge is 0.497 e. The van der Waals surface area contributed by atoms with Gasteiger partial charge in [-0.05, 0) is 48.0 Å². The zero-order chi connectivity index (χ0) is 17.5. The van der Waals surface area contributed by atoms with Gasteiger partial charge in [0.2, 0.25) is 5.88 Å². The third kappa shape index (κ3) is 4.57. The van der Waals surface area contributed by atoms with Gasteiger partial charge in [0, 0.05) is 23.5 Å². The van der Waals surface area contributed by atoms with Gasteiger partial charge < -0.3 is 14.8 Å². The lowest BCUT2D eigenvalue weighted by atomic mass is 10.1.